The first kappa shape index (κ1) is 20.6. The number of para-hydroxylation sites is 1. The number of benzene rings is 2. The predicted octanol–water partition coefficient (Wildman–Crippen LogP) is 4.27. The molecule has 2 N–H and O–H groups in total. The molecule has 148 valence electrons. The molecule has 5 nitrogen and oxygen atoms in total. The van der Waals surface area contributed by atoms with Gasteiger partial charge in [-0.05, 0) is 37.1 Å². The first-order valence-corrected chi connectivity index (χ1v) is 10.1. The minimum Gasteiger partial charge on any atom is -0.352 e. The molecular formula is C21H23Cl2N3O2. The molecule has 2 aromatic rings. The van der Waals surface area contributed by atoms with E-state index in [-0.39, 0.29) is 24.4 Å². The van der Waals surface area contributed by atoms with Gasteiger partial charge in [0, 0.05) is 6.04 Å². The molecule has 3 rings (SSSR count). The summed E-state index contributed by atoms with van der Waals surface area (Å²) < 4.78 is 0. The molecule has 28 heavy (non-hydrogen) atoms. The maximum atomic E-state index is 12.9. The van der Waals surface area contributed by atoms with Crippen molar-refractivity contribution in [2.75, 3.05) is 18.4 Å². The normalized spacial score (nSPS) is 14.6. The summed E-state index contributed by atoms with van der Waals surface area (Å²) in [5.41, 5.74) is 1.23. The third kappa shape index (κ3) is 5.25. The molecular weight excluding hydrogens is 397 g/mol. The van der Waals surface area contributed by atoms with E-state index >= 15 is 0 Å². The Kier molecular flexibility index (Phi) is 6.94. The highest BCUT2D eigenvalue weighted by atomic mass is 35.5. The maximum Gasteiger partial charge on any atom is 0.242 e. The first-order valence-electron chi connectivity index (χ1n) is 9.32. The molecule has 1 aliphatic carbocycles. The summed E-state index contributed by atoms with van der Waals surface area (Å²) in [6, 6.07) is 14.2. The van der Waals surface area contributed by atoms with Gasteiger partial charge in [-0.1, -0.05) is 66.5 Å². The first-order chi connectivity index (χ1) is 13.5. The number of nitrogens with zero attached hydrogens (tertiary/aromatic N) is 1. The van der Waals surface area contributed by atoms with Gasteiger partial charge in [0.1, 0.15) is 6.04 Å². The third-order valence-electron chi connectivity index (χ3n) is 4.63. The second-order valence-corrected chi connectivity index (χ2v) is 7.62. The number of nitrogens with one attached hydrogen (secondary N) is 2. The second kappa shape index (κ2) is 9.41. The average molecular weight is 420 g/mol. The smallest absolute Gasteiger partial charge is 0.242 e. The van der Waals surface area contributed by atoms with Crippen LogP contribution in [0.4, 0.5) is 5.69 Å². The molecule has 0 aliphatic heterocycles. The molecule has 7 heteroatoms. The monoisotopic (exact) mass is 419 g/mol. The van der Waals surface area contributed by atoms with Gasteiger partial charge in [0.25, 0.3) is 0 Å². The van der Waals surface area contributed by atoms with Crippen LogP contribution < -0.4 is 10.6 Å². The van der Waals surface area contributed by atoms with Gasteiger partial charge in [-0.3, -0.25) is 14.5 Å². The lowest BCUT2D eigenvalue weighted by molar-refractivity contribution is -0.128. The fourth-order valence-electron chi connectivity index (χ4n) is 3.04. The minimum atomic E-state index is -0.542. The molecule has 1 fully saturated rings. The highest BCUT2D eigenvalue weighted by molar-refractivity contribution is 6.39. The Morgan fingerprint density at radius 2 is 1.71 bits per heavy atom. The summed E-state index contributed by atoms with van der Waals surface area (Å²) in [6.07, 6.45) is 2.01. The van der Waals surface area contributed by atoms with Gasteiger partial charge in [-0.2, -0.15) is 0 Å². The van der Waals surface area contributed by atoms with Crippen molar-refractivity contribution in [3.63, 3.8) is 0 Å². The Morgan fingerprint density at radius 1 is 1.07 bits per heavy atom. The van der Waals surface area contributed by atoms with E-state index in [1.54, 1.807) is 18.2 Å². The molecule has 2 amide bonds. The van der Waals surface area contributed by atoms with Gasteiger partial charge in [-0.15, -0.1) is 0 Å². The molecule has 0 spiro atoms. The quantitative estimate of drug-likeness (QED) is 0.671. The summed E-state index contributed by atoms with van der Waals surface area (Å²) in [4.78, 5) is 27.4. The lowest BCUT2D eigenvalue weighted by Crippen LogP contribution is -2.44. The number of carbonyl (C=O) groups excluding carboxylic acids is 2. The number of rotatable bonds is 8. The van der Waals surface area contributed by atoms with Crippen LogP contribution in [-0.4, -0.2) is 35.8 Å². The third-order valence-corrected chi connectivity index (χ3v) is 5.26. The molecule has 1 aliphatic rings. The van der Waals surface area contributed by atoms with Crippen LogP contribution in [0, 0.1) is 0 Å². The van der Waals surface area contributed by atoms with Crippen molar-refractivity contribution in [1.82, 2.24) is 10.2 Å². The number of likely N-dealkylation sites (N-methyl/N-ethyl adjacent to an activating group) is 1. The Bertz CT molecular complexity index is 821. The van der Waals surface area contributed by atoms with E-state index in [1.807, 2.05) is 42.2 Å². The Labute approximate surface area is 175 Å². The van der Waals surface area contributed by atoms with Crippen LogP contribution in [0.25, 0.3) is 0 Å². The molecule has 1 atom stereocenters. The summed E-state index contributed by atoms with van der Waals surface area (Å²) >= 11 is 12.3. The van der Waals surface area contributed by atoms with E-state index in [4.69, 9.17) is 23.2 Å². The zero-order valence-corrected chi connectivity index (χ0v) is 17.1. The summed E-state index contributed by atoms with van der Waals surface area (Å²) in [5, 5.41) is 6.56. The average Bonchev–Trinajstić information content (AvgIpc) is 3.49. The van der Waals surface area contributed by atoms with Crippen molar-refractivity contribution in [1.29, 1.82) is 0 Å². The van der Waals surface area contributed by atoms with Crippen molar-refractivity contribution < 1.29 is 9.59 Å². The van der Waals surface area contributed by atoms with E-state index in [0.717, 1.165) is 18.4 Å². The van der Waals surface area contributed by atoms with Crippen LogP contribution in [0.2, 0.25) is 10.0 Å². The molecule has 0 saturated heterocycles. The molecule has 0 aromatic heterocycles. The lowest BCUT2D eigenvalue weighted by atomic mass is 10.0. The fraction of sp³-hybridized carbons (Fsp3) is 0.333. The van der Waals surface area contributed by atoms with E-state index in [2.05, 4.69) is 10.6 Å². The van der Waals surface area contributed by atoms with E-state index in [0.29, 0.717) is 22.3 Å². The Hall–Kier alpha value is -2.08. The summed E-state index contributed by atoms with van der Waals surface area (Å²) in [5.74, 6) is -0.365. The predicted molar refractivity (Wildman–Crippen MR) is 113 cm³/mol. The van der Waals surface area contributed by atoms with Crippen LogP contribution in [0.5, 0.6) is 0 Å². The van der Waals surface area contributed by atoms with Crippen LogP contribution in [0.1, 0.15) is 31.4 Å². The van der Waals surface area contributed by atoms with Crippen molar-refractivity contribution >= 4 is 40.7 Å². The minimum absolute atomic E-state index is 0.0374. The number of carbonyl (C=O) groups is 2. The van der Waals surface area contributed by atoms with Crippen LogP contribution in [0.15, 0.2) is 48.5 Å². The number of hydrogen-bond donors (Lipinski definition) is 2. The van der Waals surface area contributed by atoms with Gasteiger partial charge in [-0.25, -0.2) is 0 Å². The zero-order valence-electron chi connectivity index (χ0n) is 15.6. The Morgan fingerprint density at radius 3 is 2.29 bits per heavy atom. The summed E-state index contributed by atoms with van der Waals surface area (Å²) in [7, 11) is 0. The molecule has 1 unspecified atom stereocenters. The van der Waals surface area contributed by atoms with Crippen LogP contribution in [-0.2, 0) is 9.59 Å². The second-order valence-electron chi connectivity index (χ2n) is 6.80. The largest absolute Gasteiger partial charge is 0.352 e. The van der Waals surface area contributed by atoms with Crippen molar-refractivity contribution in [2.24, 2.45) is 0 Å². The molecule has 0 heterocycles. The van der Waals surface area contributed by atoms with Crippen molar-refractivity contribution in [2.45, 2.75) is 31.8 Å². The number of hydrogen-bond acceptors (Lipinski definition) is 3. The van der Waals surface area contributed by atoms with E-state index in [1.165, 1.54) is 0 Å². The van der Waals surface area contributed by atoms with Gasteiger partial charge in [0.05, 0.1) is 22.3 Å². The number of anilines is 1. The SMILES string of the molecule is CCN(CC(=O)Nc1c(Cl)cccc1Cl)C(C(=O)NC1CC1)c1ccccc1. The number of halogens is 2. The van der Waals surface area contributed by atoms with Crippen LogP contribution >= 0.6 is 23.2 Å². The zero-order chi connectivity index (χ0) is 20.1. The Balaban J connectivity index is 1.77. The molecule has 1 saturated carbocycles. The topological polar surface area (TPSA) is 61.4 Å². The molecule has 0 bridgehead atoms. The molecule has 0 radical (unpaired) electrons. The standard InChI is InChI=1S/C21H23Cl2N3O2/c1-2-26(13-18(27)25-19-16(22)9-6-10-17(19)23)20(14-7-4-3-5-8-14)21(28)24-15-11-12-15/h3-10,15,20H,2,11-13H2,1H3,(H,24,28)(H,25,27). The van der Waals surface area contributed by atoms with Crippen molar-refractivity contribution in [3.8, 4) is 0 Å². The van der Waals surface area contributed by atoms with Gasteiger partial charge in [0.15, 0.2) is 0 Å². The van der Waals surface area contributed by atoms with E-state index in [9.17, 15) is 9.59 Å². The molecule has 2 aromatic carbocycles. The highest BCUT2D eigenvalue weighted by Gasteiger charge is 2.32. The fourth-order valence-corrected chi connectivity index (χ4v) is 3.53. The highest BCUT2D eigenvalue weighted by Crippen LogP contribution is 2.30. The number of amides is 2. The summed E-state index contributed by atoms with van der Waals surface area (Å²) in [6.45, 7) is 2.49. The van der Waals surface area contributed by atoms with Gasteiger partial charge in [0.2, 0.25) is 11.8 Å². The van der Waals surface area contributed by atoms with Gasteiger partial charge >= 0.3 is 0 Å². The van der Waals surface area contributed by atoms with E-state index < -0.39 is 6.04 Å². The maximum absolute atomic E-state index is 12.9. The lowest BCUT2D eigenvalue weighted by Gasteiger charge is -2.29. The van der Waals surface area contributed by atoms with Crippen molar-refractivity contribution in [3.05, 3.63) is 64.1 Å². The van der Waals surface area contributed by atoms with Crippen LogP contribution in [0.3, 0.4) is 0 Å². The van der Waals surface area contributed by atoms with Gasteiger partial charge < -0.3 is 10.6 Å².